The van der Waals surface area contributed by atoms with Gasteiger partial charge < -0.3 is 32.8 Å². The lowest BCUT2D eigenvalue weighted by Gasteiger charge is -2.51. The van der Waals surface area contributed by atoms with Gasteiger partial charge in [-0.1, -0.05) is 132 Å². The third-order valence-corrected chi connectivity index (χ3v) is 20.4. The minimum atomic E-state index is -3.88. The van der Waals surface area contributed by atoms with Gasteiger partial charge in [-0.05, 0) is 88.4 Å². The number of aromatic nitrogens is 1. The van der Waals surface area contributed by atoms with Crippen molar-refractivity contribution in [3.8, 4) is 5.75 Å². The summed E-state index contributed by atoms with van der Waals surface area (Å²) in [7, 11) is -4.87. The van der Waals surface area contributed by atoms with Crippen molar-refractivity contribution in [2.75, 3.05) is 33.5 Å². The molecule has 13 nitrogen and oxygen atoms in total. The molecular formula is C51H68N4O9SSi. The minimum absolute atomic E-state index is 0.199. The van der Waals surface area contributed by atoms with Crippen molar-refractivity contribution in [3.05, 3.63) is 143 Å². The Kier molecular flexibility index (Phi) is 18.9. The lowest BCUT2D eigenvalue weighted by Crippen LogP contribution is -2.65. The van der Waals surface area contributed by atoms with Crippen LogP contribution in [0.2, 0.25) is 16.6 Å². The summed E-state index contributed by atoms with van der Waals surface area (Å²) in [5.74, 6) is 0.753. The van der Waals surface area contributed by atoms with Gasteiger partial charge in [-0.15, -0.1) is 0 Å². The molecule has 66 heavy (non-hydrogen) atoms. The molecule has 1 aromatic heterocycles. The Morgan fingerprint density at radius 1 is 0.727 bits per heavy atom. The molecule has 0 spiro atoms. The maximum Gasteiger partial charge on any atom is 0.268 e. The summed E-state index contributed by atoms with van der Waals surface area (Å²) in [6.07, 6.45) is 1.00. The Morgan fingerprint density at radius 2 is 1.35 bits per heavy atom. The van der Waals surface area contributed by atoms with E-state index in [2.05, 4.69) is 51.6 Å². The molecule has 1 aliphatic rings. The van der Waals surface area contributed by atoms with Crippen LogP contribution in [0.3, 0.4) is 0 Å². The monoisotopic (exact) mass is 940 g/mol. The number of hydrogen-bond acceptors (Lipinski definition) is 10. The number of rotatable bonds is 26. The molecule has 15 heteroatoms. The van der Waals surface area contributed by atoms with Crippen LogP contribution in [0.5, 0.6) is 5.75 Å². The van der Waals surface area contributed by atoms with Gasteiger partial charge in [0.05, 0.1) is 43.9 Å². The minimum Gasteiger partial charge on any atom is -0.497 e. The smallest absolute Gasteiger partial charge is 0.268 e. The zero-order chi connectivity index (χ0) is 47.1. The van der Waals surface area contributed by atoms with E-state index in [1.807, 2.05) is 78.9 Å². The number of para-hydroxylation sites is 1. The normalized spacial score (nSPS) is 19.2. The van der Waals surface area contributed by atoms with Gasteiger partial charge in [0.2, 0.25) is 8.32 Å². The highest BCUT2D eigenvalue weighted by Crippen LogP contribution is 2.45. The number of azide groups is 1. The number of benzene rings is 4. The van der Waals surface area contributed by atoms with E-state index in [1.54, 1.807) is 43.6 Å². The first-order chi connectivity index (χ1) is 31.9. The van der Waals surface area contributed by atoms with Crippen LogP contribution in [0, 0.1) is 0 Å². The molecule has 4 aromatic carbocycles. The molecule has 0 N–H and O–H groups in total. The van der Waals surface area contributed by atoms with E-state index >= 15 is 0 Å². The summed E-state index contributed by atoms with van der Waals surface area (Å²) in [6, 6.07) is 33.9. The second kappa shape index (κ2) is 24.5. The molecular weight excluding hydrogens is 873 g/mol. The average Bonchev–Trinajstić information content (AvgIpc) is 3.70. The van der Waals surface area contributed by atoms with Crippen LogP contribution in [0.15, 0.2) is 125 Å². The van der Waals surface area contributed by atoms with E-state index in [0.717, 1.165) is 47.1 Å². The molecule has 0 amide bonds. The quantitative estimate of drug-likeness (QED) is 0.0173. The molecule has 0 unspecified atom stereocenters. The van der Waals surface area contributed by atoms with E-state index < -0.39 is 49.0 Å². The lowest BCUT2D eigenvalue weighted by molar-refractivity contribution is -0.315. The van der Waals surface area contributed by atoms with Crippen molar-refractivity contribution < 1.29 is 41.3 Å². The van der Waals surface area contributed by atoms with Gasteiger partial charge >= 0.3 is 0 Å². The summed E-state index contributed by atoms with van der Waals surface area (Å²) < 4.78 is 76.9. The highest BCUT2D eigenvalue weighted by atomic mass is 32.2. The molecule has 356 valence electrons. The Morgan fingerprint density at radius 3 is 2.00 bits per heavy atom. The van der Waals surface area contributed by atoms with Gasteiger partial charge in [-0.25, -0.2) is 12.4 Å². The molecule has 2 heterocycles. The third kappa shape index (κ3) is 12.5. The highest BCUT2D eigenvalue weighted by molar-refractivity contribution is 7.90. The van der Waals surface area contributed by atoms with E-state index in [9.17, 15) is 8.42 Å². The van der Waals surface area contributed by atoms with Gasteiger partial charge in [-0.2, -0.15) is 0 Å². The second-order valence-electron chi connectivity index (χ2n) is 17.8. The van der Waals surface area contributed by atoms with Crippen molar-refractivity contribution in [3.63, 3.8) is 0 Å². The zero-order valence-corrected chi connectivity index (χ0v) is 41.3. The molecule has 0 saturated carbocycles. The van der Waals surface area contributed by atoms with Gasteiger partial charge in [0.15, 0.2) is 6.29 Å². The first kappa shape index (κ1) is 50.9. The maximum absolute atomic E-state index is 14.0. The molecule has 1 fully saturated rings. The van der Waals surface area contributed by atoms with E-state index in [0.29, 0.717) is 31.7 Å². The predicted octanol–water partition coefficient (Wildman–Crippen LogP) is 11.4. The Hall–Kier alpha value is -4.54. The van der Waals surface area contributed by atoms with Gasteiger partial charge in [0.25, 0.3) is 10.0 Å². The number of ether oxygens (including phenoxy) is 6. The van der Waals surface area contributed by atoms with Crippen LogP contribution in [0.4, 0.5) is 0 Å². The van der Waals surface area contributed by atoms with Crippen molar-refractivity contribution in [2.45, 2.75) is 133 Å². The van der Waals surface area contributed by atoms with Crippen LogP contribution in [0.25, 0.3) is 21.3 Å². The van der Waals surface area contributed by atoms with E-state index in [1.165, 1.54) is 3.97 Å². The fourth-order valence-corrected chi connectivity index (χ4v) is 16.3. The summed E-state index contributed by atoms with van der Waals surface area (Å²) in [4.78, 5) is 3.08. The van der Waals surface area contributed by atoms with Gasteiger partial charge in [-0.3, -0.25) is 0 Å². The number of fused-ring (bicyclic) bond motifs is 1. The van der Waals surface area contributed by atoms with Crippen molar-refractivity contribution in [1.29, 1.82) is 0 Å². The molecule has 0 bridgehead atoms. The molecule has 0 radical (unpaired) electrons. The molecule has 5 aromatic rings. The first-order valence-corrected chi connectivity index (χ1v) is 26.8. The molecule has 5 atom stereocenters. The lowest BCUT2D eigenvalue weighted by atomic mass is 9.98. The number of unbranched alkanes of at least 4 members (excludes halogenated alkanes) is 2. The average molecular weight is 941 g/mol. The van der Waals surface area contributed by atoms with E-state index in [-0.39, 0.29) is 41.3 Å². The van der Waals surface area contributed by atoms with Crippen LogP contribution in [-0.4, -0.2) is 84.9 Å². The third-order valence-electron chi connectivity index (χ3n) is 12.6. The SMILES string of the molecule is COc1ccc(CO[C@@H]2[C@@H](OCc3ccccc3)[C@@H](O[Si](C(C)C)(C(C)C)C(C)C)[C@@H](OCCc3cn(S(=O)(=O)c4ccccc4)c4ccccc34)O[C@H]2COCCCCCN=[N+]=[N-])cc1. The summed E-state index contributed by atoms with van der Waals surface area (Å²) in [5, 5.41) is 4.49. The van der Waals surface area contributed by atoms with Gasteiger partial charge in [0, 0.05) is 29.6 Å². The topological polar surface area (TPSA) is 152 Å². The molecule has 1 aliphatic heterocycles. The van der Waals surface area contributed by atoms with Crippen molar-refractivity contribution in [1.82, 2.24) is 3.97 Å². The van der Waals surface area contributed by atoms with Gasteiger partial charge in [0.1, 0.15) is 30.2 Å². The second-order valence-corrected chi connectivity index (χ2v) is 25.0. The number of hydrogen-bond donors (Lipinski definition) is 0. The molecule has 1 saturated heterocycles. The molecule has 6 rings (SSSR count). The fraction of sp³-hybridized carbons (Fsp3) is 0.490. The summed E-state index contributed by atoms with van der Waals surface area (Å²) in [5.41, 5.74) is 12.8. The largest absolute Gasteiger partial charge is 0.497 e. The summed E-state index contributed by atoms with van der Waals surface area (Å²) in [6.45, 7) is 15.4. The molecule has 0 aliphatic carbocycles. The van der Waals surface area contributed by atoms with E-state index in [4.69, 9.17) is 38.4 Å². The summed E-state index contributed by atoms with van der Waals surface area (Å²) >= 11 is 0. The predicted molar refractivity (Wildman–Crippen MR) is 260 cm³/mol. The van der Waals surface area contributed by atoms with Crippen LogP contribution < -0.4 is 4.74 Å². The maximum atomic E-state index is 14.0. The Labute approximate surface area is 392 Å². The van der Waals surface area contributed by atoms with Crippen LogP contribution >= 0.6 is 0 Å². The van der Waals surface area contributed by atoms with Crippen molar-refractivity contribution >= 4 is 29.2 Å². The zero-order valence-electron chi connectivity index (χ0n) is 39.5. The first-order valence-electron chi connectivity index (χ1n) is 23.2. The Bertz CT molecular complexity index is 2370. The highest BCUT2D eigenvalue weighted by Gasteiger charge is 2.55. The fourth-order valence-electron chi connectivity index (χ4n) is 9.40. The number of nitrogens with zero attached hydrogens (tertiary/aromatic N) is 4. The standard InChI is InChI=1S/C51H68N4O9SSi/c1-37(2)66(38(3)4,39(5)6)64-50-49(62-34-40-19-11-8-12-20-40)48(61-35-41-25-27-43(58-7)28-26-41)47(36-59-31-18-10-17-30-53-54-52)63-51(50)60-32-29-42-33-55(46-24-16-15-23-45(42)46)65(56,57)44-21-13-9-14-22-44/h8-9,11-16,19-28,33,37-39,47-51H,10,17-18,29-32,34-36H2,1-7H3/t47-,48-,49+,50+,51-/m0/s1. The van der Waals surface area contributed by atoms with Crippen molar-refractivity contribution in [2.24, 2.45) is 5.11 Å². The van der Waals surface area contributed by atoms with Crippen LogP contribution in [-0.2, 0) is 57.8 Å². The van der Waals surface area contributed by atoms with Crippen LogP contribution in [0.1, 0.15) is 77.5 Å². The number of methoxy groups -OCH3 is 1. The Balaban J connectivity index is 1.37.